The summed E-state index contributed by atoms with van der Waals surface area (Å²) in [7, 11) is 3.04. The molecular formula is C31H33F3N2O8. The Morgan fingerprint density at radius 2 is 1.11 bits per heavy atom. The largest absolute Gasteiger partial charge is 0.504 e. The molecule has 0 fully saturated rings. The molecule has 4 aromatic rings. The quantitative estimate of drug-likeness (QED) is 0.153. The molecule has 0 amide bonds. The fraction of sp³-hybridized carbons (Fsp3) is 0.226. The van der Waals surface area contributed by atoms with E-state index >= 15 is 0 Å². The molecule has 0 unspecified atom stereocenters. The van der Waals surface area contributed by atoms with E-state index in [4.69, 9.17) is 14.2 Å². The lowest BCUT2D eigenvalue weighted by atomic mass is 10.1. The molecule has 0 saturated carbocycles. The molecule has 13 heteroatoms. The molecule has 236 valence electrons. The Kier molecular flexibility index (Phi) is 14.7. The van der Waals surface area contributed by atoms with Crippen LogP contribution < -0.4 is 14.2 Å². The van der Waals surface area contributed by atoms with Crippen molar-refractivity contribution in [2.45, 2.75) is 34.1 Å². The van der Waals surface area contributed by atoms with Crippen molar-refractivity contribution < 1.29 is 42.3 Å². The van der Waals surface area contributed by atoms with Gasteiger partial charge in [0, 0.05) is 12.1 Å². The molecule has 1 N–H and O–H groups in total. The number of methoxy groups -OCH3 is 2. The van der Waals surface area contributed by atoms with Crippen molar-refractivity contribution in [3.8, 4) is 28.7 Å². The van der Waals surface area contributed by atoms with E-state index in [1.807, 2.05) is 25.1 Å². The molecular weight excluding hydrogens is 585 g/mol. The molecule has 44 heavy (non-hydrogen) atoms. The lowest BCUT2D eigenvalue weighted by Gasteiger charge is -2.12. The Hall–Kier alpha value is -5.33. The number of aryl methyl sites for hydroxylation is 2. The number of non-ortho nitro benzene ring substituents is 2. The highest BCUT2D eigenvalue weighted by Crippen LogP contribution is 2.34. The van der Waals surface area contributed by atoms with E-state index in [2.05, 4.69) is 6.92 Å². The molecule has 0 radical (unpaired) electrons. The van der Waals surface area contributed by atoms with Gasteiger partial charge >= 0.3 is 0 Å². The van der Waals surface area contributed by atoms with Crippen molar-refractivity contribution >= 4 is 11.4 Å². The summed E-state index contributed by atoms with van der Waals surface area (Å²) in [6.07, 6.45) is 1.79. The normalized spacial score (nSPS) is 9.70. The number of phenolic OH excluding ortho intramolecular Hbond substituents is 1. The Balaban J connectivity index is 0.000000357. The van der Waals surface area contributed by atoms with Gasteiger partial charge in [-0.3, -0.25) is 20.2 Å². The van der Waals surface area contributed by atoms with Crippen LogP contribution in [-0.4, -0.2) is 29.2 Å². The molecule has 0 aromatic heterocycles. The highest BCUT2D eigenvalue weighted by Gasteiger charge is 2.14. The number of ether oxygens (including phenoxy) is 3. The molecule has 0 aliphatic rings. The molecule has 0 aliphatic heterocycles. The minimum Gasteiger partial charge on any atom is -0.504 e. The first-order valence-corrected chi connectivity index (χ1v) is 12.7. The summed E-state index contributed by atoms with van der Waals surface area (Å²) in [4.78, 5) is 19.1. The van der Waals surface area contributed by atoms with Crippen LogP contribution >= 0.6 is 0 Å². The Morgan fingerprint density at radius 1 is 0.636 bits per heavy atom. The number of nitro benzene ring substituents is 2. The lowest BCUT2D eigenvalue weighted by Crippen LogP contribution is -1.95. The molecule has 0 heterocycles. The van der Waals surface area contributed by atoms with E-state index in [-0.39, 0.29) is 24.6 Å². The van der Waals surface area contributed by atoms with Crippen LogP contribution in [0.1, 0.15) is 32.4 Å². The Bertz CT molecular complexity index is 1570. The summed E-state index contributed by atoms with van der Waals surface area (Å²) in [6.45, 7) is 4.07. The summed E-state index contributed by atoms with van der Waals surface area (Å²) in [6, 6.07) is 16.1. The number of rotatable bonds is 8. The van der Waals surface area contributed by atoms with E-state index in [0.29, 0.717) is 29.4 Å². The zero-order valence-corrected chi connectivity index (χ0v) is 23.7. The number of nitro groups is 2. The minimum atomic E-state index is -1.21. The van der Waals surface area contributed by atoms with Gasteiger partial charge in [0.2, 0.25) is 0 Å². The highest BCUT2D eigenvalue weighted by atomic mass is 19.2. The number of phenols is 1. The van der Waals surface area contributed by atoms with Crippen LogP contribution in [0.5, 0.6) is 28.7 Å². The first-order valence-electron chi connectivity index (χ1n) is 12.7. The smallest absolute Gasteiger partial charge is 0.272 e. The maximum atomic E-state index is 13.8. The average Bonchev–Trinajstić information content (AvgIpc) is 3.00. The number of nitrogens with zero attached hydrogens (tertiary/aromatic N) is 2. The first-order chi connectivity index (χ1) is 20.4. The molecule has 0 bridgehead atoms. The molecule has 0 atom stereocenters. The summed E-state index contributed by atoms with van der Waals surface area (Å²) in [5, 5.41) is 29.8. The number of aromatic hydroxyl groups is 1. The number of halogens is 3. The van der Waals surface area contributed by atoms with Crippen LogP contribution in [0, 0.1) is 37.7 Å². The SMILES string of the molecule is C.CCc1ccc(O)c(OC)c1.CCc1ccc(Oc2ccc([N+](=O)[O-])cc2F)c(OC)c1.O=[N+]([O-])c1ccc(F)c(F)c1. The monoisotopic (exact) mass is 618 g/mol. The van der Waals surface area contributed by atoms with Crippen LogP contribution in [0.4, 0.5) is 24.5 Å². The van der Waals surface area contributed by atoms with Crippen LogP contribution in [0.3, 0.4) is 0 Å². The molecule has 0 spiro atoms. The number of hydrogen-bond acceptors (Lipinski definition) is 8. The van der Waals surface area contributed by atoms with Gasteiger partial charge in [-0.05, 0) is 60.4 Å². The van der Waals surface area contributed by atoms with Crippen molar-refractivity contribution in [2.75, 3.05) is 14.2 Å². The minimum absolute atomic E-state index is 0. The molecule has 0 saturated heterocycles. The predicted molar refractivity (Wildman–Crippen MR) is 159 cm³/mol. The third-order valence-electron chi connectivity index (χ3n) is 5.75. The summed E-state index contributed by atoms with van der Waals surface area (Å²) < 4.78 is 53.8. The third kappa shape index (κ3) is 10.5. The van der Waals surface area contributed by atoms with Crippen LogP contribution in [0.15, 0.2) is 72.8 Å². The highest BCUT2D eigenvalue weighted by molar-refractivity contribution is 5.47. The average molecular weight is 619 g/mol. The first kappa shape index (κ1) is 36.7. The van der Waals surface area contributed by atoms with Crippen LogP contribution in [-0.2, 0) is 12.8 Å². The van der Waals surface area contributed by atoms with Crippen molar-refractivity contribution in [3.05, 3.63) is 122 Å². The van der Waals surface area contributed by atoms with E-state index in [0.717, 1.165) is 30.5 Å². The molecule has 4 aromatic carbocycles. The number of benzene rings is 4. The van der Waals surface area contributed by atoms with Gasteiger partial charge in [0.25, 0.3) is 11.4 Å². The second-order valence-electron chi connectivity index (χ2n) is 8.53. The Morgan fingerprint density at radius 3 is 1.59 bits per heavy atom. The van der Waals surface area contributed by atoms with Gasteiger partial charge in [0.05, 0.1) is 36.2 Å². The maximum Gasteiger partial charge on any atom is 0.272 e. The number of hydrogen-bond donors (Lipinski definition) is 1. The van der Waals surface area contributed by atoms with Crippen molar-refractivity contribution in [1.29, 1.82) is 0 Å². The second-order valence-corrected chi connectivity index (χ2v) is 8.53. The standard InChI is InChI=1S/C15H14FNO4.C9H12O2.C6H3F2NO2.CH4/c1-3-10-4-6-14(15(8-10)20-2)21-13-7-5-11(17(18)19)9-12(13)16;1-3-7-4-5-8(10)9(6-7)11-2;7-5-2-1-4(9(10)11)3-6(5)8;/h4-9H,3H2,1-2H3;4-6,10H,3H2,1-2H3;1-3H;1H4. The Labute approximate surface area is 252 Å². The van der Waals surface area contributed by atoms with Gasteiger partial charge in [-0.1, -0.05) is 33.4 Å². The van der Waals surface area contributed by atoms with E-state index in [9.17, 15) is 38.5 Å². The van der Waals surface area contributed by atoms with E-state index < -0.39 is 33.0 Å². The van der Waals surface area contributed by atoms with Gasteiger partial charge < -0.3 is 19.3 Å². The van der Waals surface area contributed by atoms with Crippen molar-refractivity contribution in [2.24, 2.45) is 0 Å². The van der Waals surface area contributed by atoms with Gasteiger partial charge in [0.15, 0.2) is 46.2 Å². The fourth-order valence-electron chi connectivity index (χ4n) is 3.36. The maximum absolute atomic E-state index is 13.8. The topological polar surface area (TPSA) is 134 Å². The predicted octanol–water partition coefficient (Wildman–Crippen LogP) is 8.57. The summed E-state index contributed by atoms with van der Waals surface area (Å²) in [5.41, 5.74) is 1.44. The van der Waals surface area contributed by atoms with Gasteiger partial charge in [-0.25, -0.2) is 13.2 Å². The third-order valence-corrected chi connectivity index (χ3v) is 5.75. The van der Waals surface area contributed by atoms with E-state index in [1.165, 1.54) is 24.8 Å². The van der Waals surface area contributed by atoms with Gasteiger partial charge in [0.1, 0.15) is 0 Å². The molecule has 10 nitrogen and oxygen atoms in total. The zero-order valence-electron chi connectivity index (χ0n) is 23.7. The zero-order chi connectivity index (χ0) is 32.1. The fourth-order valence-corrected chi connectivity index (χ4v) is 3.36. The second kappa shape index (κ2) is 17.6. The van der Waals surface area contributed by atoms with Crippen molar-refractivity contribution in [3.63, 3.8) is 0 Å². The van der Waals surface area contributed by atoms with E-state index in [1.54, 1.807) is 25.3 Å². The van der Waals surface area contributed by atoms with Crippen molar-refractivity contribution in [1.82, 2.24) is 0 Å². The molecule has 0 aliphatic carbocycles. The van der Waals surface area contributed by atoms with Crippen LogP contribution in [0.2, 0.25) is 0 Å². The summed E-state index contributed by atoms with van der Waals surface area (Å²) in [5.74, 6) is -1.62. The van der Waals surface area contributed by atoms with Gasteiger partial charge in [-0.15, -0.1) is 0 Å². The van der Waals surface area contributed by atoms with Gasteiger partial charge in [-0.2, -0.15) is 0 Å². The summed E-state index contributed by atoms with van der Waals surface area (Å²) >= 11 is 0. The lowest BCUT2D eigenvalue weighted by molar-refractivity contribution is -0.385. The van der Waals surface area contributed by atoms with Crippen LogP contribution in [0.25, 0.3) is 0 Å². The molecule has 4 rings (SSSR count).